The van der Waals surface area contributed by atoms with Crippen molar-refractivity contribution in [2.24, 2.45) is 0 Å². The van der Waals surface area contributed by atoms with Crippen LogP contribution in [0.25, 0.3) is 11.3 Å². The molecule has 3 heterocycles. The second kappa shape index (κ2) is 5.57. The summed E-state index contributed by atoms with van der Waals surface area (Å²) in [6.07, 6.45) is 10.9. The zero-order valence-electron chi connectivity index (χ0n) is 11.4. The van der Waals surface area contributed by atoms with Crippen LogP contribution in [0.3, 0.4) is 0 Å². The molecule has 19 heavy (non-hydrogen) atoms. The lowest BCUT2D eigenvalue weighted by atomic mass is 10.1. The molecule has 3 rings (SSSR count). The van der Waals surface area contributed by atoms with Crippen LogP contribution in [-0.4, -0.2) is 26.3 Å². The Morgan fingerprint density at radius 1 is 1.32 bits per heavy atom. The third kappa shape index (κ3) is 2.71. The lowest BCUT2D eigenvalue weighted by Gasteiger charge is -2.12. The molecule has 5 nitrogen and oxygen atoms in total. The average molecular weight is 259 g/mol. The summed E-state index contributed by atoms with van der Waals surface area (Å²) in [5, 5.41) is 7.87. The highest BCUT2D eigenvalue weighted by molar-refractivity contribution is 5.56. The zero-order chi connectivity index (χ0) is 13.1. The highest BCUT2D eigenvalue weighted by Gasteiger charge is 2.17. The van der Waals surface area contributed by atoms with Crippen molar-refractivity contribution in [3.8, 4) is 11.3 Å². The summed E-state index contributed by atoms with van der Waals surface area (Å²) < 4.78 is 1.93. The Bertz CT molecular complexity index is 519. The summed E-state index contributed by atoms with van der Waals surface area (Å²) in [6.45, 7) is 4.07. The smallest absolute Gasteiger partial charge is 0.123 e. The predicted molar refractivity (Wildman–Crippen MR) is 74.7 cm³/mol. The number of hydrogen-bond donors (Lipinski definition) is 2. The van der Waals surface area contributed by atoms with Gasteiger partial charge < -0.3 is 10.3 Å². The van der Waals surface area contributed by atoms with Crippen LogP contribution >= 0.6 is 0 Å². The van der Waals surface area contributed by atoms with Gasteiger partial charge in [0.2, 0.25) is 0 Å². The number of hydrogen-bond acceptors (Lipinski definition) is 3. The molecule has 1 aliphatic heterocycles. The van der Waals surface area contributed by atoms with Gasteiger partial charge in [0.15, 0.2) is 0 Å². The molecule has 1 unspecified atom stereocenters. The summed E-state index contributed by atoms with van der Waals surface area (Å²) >= 11 is 0. The Morgan fingerprint density at radius 3 is 3.11 bits per heavy atom. The van der Waals surface area contributed by atoms with E-state index in [4.69, 9.17) is 0 Å². The molecule has 0 amide bonds. The van der Waals surface area contributed by atoms with Gasteiger partial charge in [-0.05, 0) is 26.3 Å². The van der Waals surface area contributed by atoms with Gasteiger partial charge in [-0.2, -0.15) is 5.10 Å². The van der Waals surface area contributed by atoms with Crippen molar-refractivity contribution < 1.29 is 0 Å². The molecular formula is C14H21N5. The normalized spacial score (nSPS) is 20.4. The van der Waals surface area contributed by atoms with E-state index in [1.807, 2.05) is 17.1 Å². The first-order chi connectivity index (χ1) is 9.36. The number of H-pyrrole nitrogens is 1. The Balaban J connectivity index is 1.78. The van der Waals surface area contributed by atoms with Crippen LogP contribution in [-0.2, 0) is 6.54 Å². The van der Waals surface area contributed by atoms with E-state index in [2.05, 4.69) is 33.5 Å². The van der Waals surface area contributed by atoms with Gasteiger partial charge in [0.1, 0.15) is 5.82 Å². The third-order valence-electron chi connectivity index (χ3n) is 3.75. The maximum atomic E-state index is 4.54. The fourth-order valence-corrected chi connectivity index (χ4v) is 2.60. The topological polar surface area (TPSA) is 58.5 Å². The number of nitrogens with one attached hydrogen (secondary N) is 2. The maximum absolute atomic E-state index is 4.54. The standard InChI is InChI=1S/C14H21N5/c1-2-19-10-11(8-17-19)13-9-16-14(18-13)12-6-4-3-5-7-15-12/h8-10,12,15H,2-7H2,1H3,(H,16,18). The van der Waals surface area contributed by atoms with Crippen LogP contribution in [0.2, 0.25) is 0 Å². The molecule has 1 atom stereocenters. The minimum Gasteiger partial charge on any atom is -0.341 e. The van der Waals surface area contributed by atoms with Crippen molar-refractivity contribution in [3.05, 3.63) is 24.4 Å². The molecule has 1 saturated heterocycles. The molecule has 0 aromatic carbocycles. The zero-order valence-corrected chi connectivity index (χ0v) is 11.4. The first-order valence-corrected chi connectivity index (χ1v) is 7.18. The Morgan fingerprint density at radius 2 is 2.26 bits per heavy atom. The van der Waals surface area contributed by atoms with Gasteiger partial charge in [-0.25, -0.2) is 4.98 Å². The minimum absolute atomic E-state index is 0.373. The van der Waals surface area contributed by atoms with E-state index in [9.17, 15) is 0 Å². The predicted octanol–water partition coefficient (Wildman–Crippen LogP) is 2.50. The number of nitrogens with zero attached hydrogens (tertiary/aromatic N) is 3. The monoisotopic (exact) mass is 259 g/mol. The molecule has 0 bridgehead atoms. The lowest BCUT2D eigenvalue weighted by Crippen LogP contribution is -2.21. The summed E-state index contributed by atoms with van der Waals surface area (Å²) in [5.41, 5.74) is 2.16. The summed E-state index contributed by atoms with van der Waals surface area (Å²) in [4.78, 5) is 7.98. The molecule has 102 valence electrons. The van der Waals surface area contributed by atoms with E-state index >= 15 is 0 Å². The number of rotatable bonds is 3. The SMILES string of the molecule is CCn1cc(-c2cnc(C3CCCCCN3)[nH]2)cn1. The first kappa shape index (κ1) is 12.4. The van der Waals surface area contributed by atoms with Crippen LogP contribution in [0.4, 0.5) is 0 Å². The van der Waals surface area contributed by atoms with Crippen molar-refractivity contribution in [2.45, 2.75) is 45.2 Å². The molecule has 2 aromatic rings. The van der Waals surface area contributed by atoms with Gasteiger partial charge >= 0.3 is 0 Å². The Labute approximate surface area is 113 Å². The van der Waals surface area contributed by atoms with Gasteiger partial charge in [-0.15, -0.1) is 0 Å². The van der Waals surface area contributed by atoms with Crippen LogP contribution in [0.15, 0.2) is 18.6 Å². The van der Waals surface area contributed by atoms with E-state index in [-0.39, 0.29) is 0 Å². The van der Waals surface area contributed by atoms with E-state index < -0.39 is 0 Å². The fourth-order valence-electron chi connectivity index (χ4n) is 2.60. The van der Waals surface area contributed by atoms with Gasteiger partial charge in [0, 0.05) is 18.3 Å². The average Bonchev–Trinajstić information content (AvgIpc) is 3.02. The van der Waals surface area contributed by atoms with Crippen molar-refractivity contribution in [2.75, 3.05) is 6.54 Å². The molecule has 2 N–H and O–H groups in total. The summed E-state index contributed by atoms with van der Waals surface area (Å²) in [5.74, 6) is 1.06. The first-order valence-electron chi connectivity index (χ1n) is 7.18. The summed E-state index contributed by atoms with van der Waals surface area (Å²) in [6, 6.07) is 0.373. The largest absolute Gasteiger partial charge is 0.341 e. The number of aromatic nitrogens is 4. The van der Waals surface area contributed by atoms with Gasteiger partial charge in [-0.3, -0.25) is 4.68 Å². The highest BCUT2D eigenvalue weighted by Crippen LogP contribution is 2.23. The van der Waals surface area contributed by atoms with E-state index in [0.717, 1.165) is 30.2 Å². The Kier molecular flexibility index (Phi) is 3.64. The second-order valence-corrected chi connectivity index (χ2v) is 5.12. The molecule has 1 aliphatic rings. The molecule has 5 heteroatoms. The lowest BCUT2D eigenvalue weighted by molar-refractivity contribution is 0.512. The van der Waals surface area contributed by atoms with Gasteiger partial charge in [0.05, 0.1) is 24.1 Å². The maximum Gasteiger partial charge on any atom is 0.123 e. The van der Waals surface area contributed by atoms with Crippen LogP contribution in [0.5, 0.6) is 0 Å². The third-order valence-corrected chi connectivity index (χ3v) is 3.75. The summed E-state index contributed by atoms with van der Waals surface area (Å²) in [7, 11) is 0. The molecule has 0 radical (unpaired) electrons. The number of aromatic amines is 1. The second-order valence-electron chi connectivity index (χ2n) is 5.12. The van der Waals surface area contributed by atoms with Crippen molar-refractivity contribution >= 4 is 0 Å². The minimum atomic E-state index is 0.373. The van der Waals surface area contributed by atoms with Gasteiger partial charge in [-0.1, -0.05) is 12.8 Å². The van der Waals surface area contributed by atoms with Crippen molar-refractivity contribution in [3.63, 3.8) is 0 Å². The number of imidazole rings is 1. The molecule has 0 saturated carbocycles. The molecule has 0 aliphatic carbocycles. The quantitative estimate of drug-likeness (QED) is 0.890. The van der Waals surface area contributed by atoms with E-state index in [1.54, 1.807) is 0 Å². The van der Waals surface area contributed by atoms with E-state index in [0.29, 0.717) is 6.04 Å². The van der Waals surface area contributed by atoms with Crippen LogP contribution < -0.4 is 5.32 Å². The Hall–Kier alpha value is -1.62. The van der Waals surface area contributed by atoms with E-state index in [1.165, 1.54) is 25.7 Å². The molecule has 2 aromatic heterocycles. The molecule has 1 fully saturated rings. The molecular weight excluding hydrogens is 238 g/mol. The van der Waals surface area contributed by atoms with Crippen LogP contribution in [0.1, 0.15) is 44.5 Å². The fraction of sp³-hybridized carbons (Fsp3) is 0.571. The van der Waals surface area contributed by atoms with Crippen LogP contribution in [0, 0.1) is 0 Å². The molecule has 0 spiro atoms. The number of aryl methyl sites for hydroxylation is 1. The van der Waals surface area contributed by atoms with Gasteiger partial charge in [0.25, 0.3) is 0 Å². The van der Waals surface area contributed by atoms with Crippen molar-refractivity contribution in [1.29, 1.82) is 0 Å². The highest BCUT2D eigenvalue weighted by atomic mass is 15.3. The van der Waals surface area contributed by atoms with Crippen molar-refractivity contribution in [1.82, 2.24) is 25.1 Å².